The molecule has 2 N–H and O–H groups in total. The molecule has 1 amide bonds. The normalized spacial score (nSPS) is 10.6. The zero-order valence-electron chi connectivity index (χ0n) is 13.5. The predicted molar refractivity (Wildman–Crippen MR) is 79.4 cm³/mol. The Balaban J connectivity index is 2.98. The Bertz CT molecular complexity index is 534. The molecule has 0 bridgehead atoms. The SMILES string of the molecule is COCOCc1cc(C(=O)NCC(=O)O)cc(COCOC)c1[At]. The number of methoxy groups -OCH3 is 2. The molecule has 0 aliphatic rings. The molecule has 9 heteroatoms. The van der Waals surface area contributed by atoms with Crippen molar-refractivity contribution in [1.82, 2.24) is 5.32 Å². The van der Waals surface area contributed by atoms with Gasteiger partial charge in [0, 0.05) is 0 Å². The predicted octanol–water partition coefficient (Wildman–Crippen LogP) is -0.0834. The summed E-state index contributed by atoms with van der Waals surface area (Å²) in [5, 5.41) is 11.0. The minimum absolute atomic E-state index is 0.136. The number of benzene rings is 1. The fourth-order valence-electron chi connectivity index (χ4n) is 1.82. The van der Waals surface area contributed by atoms with Crippen molar-refractivity contribution in [3.05, 3.63) is 28.8 Å². The molecule has 0 saturated carbocycles. The van der Waals surface area contributed by atoms with Crippen LogP contribution in [-0.2, 0) is 37.0 Å². The summed E-state index contributed by atoms with van der Waals surface area (Å²) in [5.74, 6) is -1.57. The molecule has 0 aliphatic heterocycles. The molecule has 0 unspecified atom stereocenters. The Hall–Kier alpha value is -1.12. The molecule has 1 aromatic rings. The number of hydrogen-bond donors (Lipinski definition) is 2. The van der Waals surface area contributed by atoms with E-state index in [9.17, 15) is 9.59 Å². The van der Waals surface area contributed by atoms with Crippen LogP contribution in [0.3, 0.4) is 0 Å². The van der Waals surface area contributed by atoms with Crippen molar-refractivity contribution in [3.63, 3.8) is 0 Å². The second-order valence-electron chi connectivity index (χ2n) is 4.69. The van der Waals surface area contributed by atoms with E-state index in [4.69, 9.17) is 24.1 Å². The van der Waals surface area contributed by atoms with Crippen LogP contribution >= 0.6 is 0 Å². The number of carboxylic acids is 1. The summed E-state index contributed by atoms with van der Waals surface area (Å²) in [6.07, 6.45) is 0. The maximum absolute atomic E-state index is 12.1. The van der Waals surface area contributed by atoms with Gasteiger partial charge in [0.25, 0.3) is 0 Å². The van der Waals surface area contributed by atoms with Gasteiger partial charge in [-0.3, -0.25) is 0 Å². The van der Waals surface area contributed by atoms with Gasteiger partial charge >= 0.3 is 155 Å². The monoisotopic (exact) mass is 536 g/mol. The molecular weight excluding hydrogens is 516 g/mol. The van der Waals surface area contributed by atoms with Gasteiger partial charge < -0.3 is 0 Å². The van der Waals surface area contributed by atoms with Gasteiger partial charge in [-0.15, -0.1) is 0 Å². The zero-order chi connectivity index (χ0) is 17.9. The molecule has 0 fully saturated rings. The summed E-state index contributed by atoms with van der Waals surface area (Å²) >= 11 is 1.44. The molecule has 0 radical (unpaired) electrons. The summed E-state index contributed by atoms with van der Waals surface area (Å²) in [6, 6.07) is 3.37. The van der Waals surface area contributed by atoms with E-state index >= 15 is 0 Å². The average molecular weight is 536 g/mol. The molecule has 24 heavy (non-hydrogen) atoms. The van der Waals surface area contributed by atoms with Crippen LogP contribution in [0.15, 0.2) is 12.1 Å². The van der Waals surface area contributed by atoms with E-state index in [-0.39, 0.29) is 26.8 Å². The van der Waals surface area contributed by atoms with Crippen LogP contribution in [0, 0.1) is 24.7 Å². The van der Waals surface area contributed by atoms with E-state index in [1.807, 2.05) is 0 Å². The Morgan fingerprint density at radius 1 is 1.08 bits per heavy atom. The fourth-order valence-corrected chi connectivity index (χ4v) is 2.67. The molecule has 0 heterocycles. The molecule has 1 aromatic carbocycles. The molecule has 134 valence electrons. The van der Waals surface area contributed by atoms with Crippen molar-refractivity contribution in [1.29, 1.82) is 0 Å². The molecule has 0 aliphatic carbocycles. The number of ether oxygens (including phenoxy) is 4. The zero-order valence-corrected chi connectivity index (χ0v) is 16.4. The summed E-state index contributed by atoms with van der Waals surface area (Å²) < 4.78 is 21.4. The minimum atomic E-state index is -1.11. The van der Waals surface area contributed by atoms with Crippen molar-refractivity contribution < 1.29 is 58.4 Å². The van der Waals surface area contributed by atoms with Gasteiger partial charge in [0.1, 0.15) is 0 Å². The third-order valence-corrected chi connectivity index (χ3v) is 4.69. The first-order valence-corrected chi connectivity index (χ1v) is 8.41. The van der Waals surface area contributed by atoms with Crippen LogP contribution in [0.5, 0.6) is 0 Å². The Kier molecular flexibility index (Phi) is 9.97. The van der Waals surface area contributed by atoms with Crippen molar-refractivity contribution in [2.24, 2.45) is 0 Å². The number of rotatable bonds is 11. The number of hydrogen-bond acceptors (Lipinski definition) is 6. The Morgan fingerprint density at radius 2 is 1.58 bits per heavy atom. The number of nitrogens with one attached hydrogen (secondary N) is 1. The van der Waals surface area contributed by atoms with Gasteiger partial charge in [0.2, 0.25) is 0 Å². The van der Waals surface area contributed by atoms with Crippen LogP contribution in [0.1, 0.15) is 21.5 Å². The molecule has 1 rings (SSSR count). The van der Waals surface area contributed by atoms with E-state index in [1.165, 1.54) is 38.9 Å². The third kappa shape index (κ3) is 7.19. The molecule has 0 atom stereocenters. The molecule has 0 spiro atoms. The first-order chi connectivity index (χ1) is 11.5. The van der Waals surface area contributed by atoms with E-state index in [2.05, 4.69) is 5.32 Å². The van der Waals surface area contributed by atoms with Crippen LogP contribution in [0.25, 0.3) is 0 Å². The van der Waals surface area contributed by atoms with E-state index in [1.54, 1.807) is 12.1 Å². The fraction of sp³-hybridized carbons (Fsp3) is 0.467. The van der Waals surface area contributed by atoms with Crippen LogP contribution in [-0.4, -0.2) is 51.3 Å². The van der Waals surface area contributed by atoms with E-state index in [0.29, 0.717) is 5.56 Å². The third-order valence-electron chi connectivity index (χ3n) is 2.80. The second-order valence-corrected chi connectivity index (χ2v) is 6.16. The molecular formula is C15H20AtNO7. The summed E-state index contributed by atoms with van der Waals surface area (Å²) in [6.45, 7) is 0.377. The Labute approximate surface area is 155 Å². The summed E-state index contributed by atoms with van der Waals surface area (Å²) in [4.78, 5) is 22.7. The quantitative estimate of drug-likeness (QED) is 0.301. The van der Waals surface area contributed by atoms with Crippen LogP contribution in [0.4, 0.5) is 0 Å². The average Bonchev–Trinajstić information content (AvgIpc) is 2.55. The Morgan fingerprint density at radius 3 is 2.00 bits per heavy atom. The van der Waals surface area contributed by atoms with Crippen molar-refractivity contribution in [3.8, 4) is 0 Å². The number of carboxylic acid groups (broad SMARTS) is 1. The van der Waals surface area contributed by atoms with Crippen LogP contribution < -0.4 is 8.59 Å². The van der Waals surface area contributed by atoms with Gasteiger partial charge in [-0.25, -0.2) is 0 Å². The van der Waals surface area contributed by atoms with E-state index < -0.39 is 18.4 Å². The van der Waals surface area contributed by atoms with Crippen molar-refractivity contribution in [2.75, 3.05) is 34.4 Å². The first-order valence-electron chi connectivity index (χ1n) is 6.94. The van der Waals surface area contributed by atoms with Crippen molar-refractivity contribution in [2.45, 2.75) is 13.2 Å². The number of aliphatic carboxylic acids is 1. The van der Waals surface area contributed by atoms with Gasteiger partial charge in [0.05, 0.1) is 0 Å². The summed E-state index contributed by atoms with van der Waals surface area (Å²) in [5.41, 5.74) is 1.99. The van der Waals surface area contributed by atoms with Crippen LogP contribution in [0.2, 0.25) is 0 Å². The van der Waals surface area contributed by atoms with Gasteiger partial charge in [-0.2, -0.15) is 0 Å². The molecule has 8 nitrogen and oxygen atoms in total. The molecule has 0 saturated heterocycles. The molecule has 0 aromatic heterocycles. The van der Waals surface area contributed by atoms with Gasteiger partial charge in [0.15, 0.2) is 0 Å². The van der Waals surface area contributed by atoms with Gasteiger partial charge in [-0.1, -0.05) is 0 Å². The number of carbonyl (C=O) groups is 2. The second kappa shape index (κ2) is 11.4. The topological polar surface area (TPSA) is 103 Å². The first kappa shape index (κ1) is 20.9. The standard InChI is InChI=1S/C15H20AtNO7/c1-21-8-23-6-11-3-10(15(20)17-5-13(18)19)4-12(14(11)16)7-24-9-22-2/h3-4H,5-9H2,1-2H3,(H,17,20)(H,18,19). The maximum atomic E-state index is 12.1. The number of carbonyl (C=O) groups excluding carboxylic acids is 1. The van der Waals surface area contributed by atoms with Gasteiger partial charge in [-0.05, 0) is 0 Å². The van der Waals surface area contributed by atoms with E-state index in [0.717, 1.165) is 14.4 Å². The number of amides is 1. The summed E-state index contributed by atoms with van der Waals surface area (Å²) in [7, 11) is 3.05. The van der Waals surface area contributed by atoms with Crippen molar-refractivity contribution >= 4 is 15.1 Å².